The lowest BCUT2D eigenvalue weighted by atomic mass is 10.2. The topological polar surface area (TPSA) is 66.9 Å². The fourth-order valence-electron chi connectivity index (χ4n) is 2.22. The molecule has 0 unspecified atom stereocenters. The molecule has 1 heterocycles. The highest BCUT2D eigenvalue weighted by Gasteiger charge is 2.09. The van der Waals surface area contributed by atoms with Crippen LogP contribution in [-0.2, 0) is 17.8 Å². The van der Waals surface area contributed by atoms with Crippen LogP contribution in [0, 0.1) is 6.92 Å². The largest absolute Gasteiger partial charge is 0.352 e. The number of rotatable bonds is 6. The molecule has 0 aliphatic rings. The number of aryl methyl sites for hydroxylation is 1. The van der Waals surface area contributed by atoms with Crippen molar-refractivity contribution in [2.24, 2.45) is 0 Å². The normalized spacial score (nSPS) is 10.4. The van der Waals surface area contributed by atoms with Crippen molar-refractivity contribution in [1.82, 2.24) is 15.5 Å². The smallest absolute Gasteiger partial charge is 0.227 e. The van der Waals surface area contributed by atoms with Crippen molar-refractivity contribution in [2.45, 2.75) is 19.9 Å². The van der Waals surface area contributed by atoms with Gasteiger partial charge in [0.05, 0.1) is 6.42 Å². The molecule has 0 aliphatic heterocycles. The summed E-state index contributed by atoms with van der Waals surface area (Å²) in [6, 6.07) is 17.9. The van der Waals surface area contributed by atoms with E-state index in [9.17, 15) is 4.79 Å². The Bertz CT molecular complexity index is 817. The molecule has 0 spiro atoms. The van der Waals surface area contributed by atoms with Crippen molar-refractivity contribution >= 4 is 28.1 Å². The van der Waals surface area contributed by atoms with Crippen LogP contribution in [0.5, 0.6) is 0 Å². The SMILES string of the molecule is Cc1cccc(Nc2nnc(CC(=O)NCc3ccccc3)s2)c1. The summed E-state index contributed by atoms with van der Waals surface area (Å²) < 4.78 is 0. The van der Waals surface area contributed by atoms with Crippen LogP contribution in [0.1, 0.15) is 16.1 Å². The Balaban J connectivity index is 1.53. The number of nitrogens with zero attached hydrogens (tertiary/aromatic N) is 2. The van der Waals surface area contributed by atoms with Gasteiger partial charge in [0.1, 0.15) is 5.01 Å². The van der Waals surface area contributed by atoms with Gasteiger partial charge in [0, 0.05) is 12.2 Å². The van der Waals surface area contributed by atoms with E-state index in [-0.39, 0.29) is 12.3 Å². The van der Waals surface area contributed by atoms with Gasteiger partial charge in [-0.1, -0.05) is 53.8 Å². The van der Waals surface area contributed by atoms with E-state index in [0.717, 1.165) is 11.3 Å². The van der Waals surface area contributed by atoms with Crippen LogP contribution < -0.4 is 10.6 Å². The maximum Gasteiger partial charge on any atom is 0.227 e. The van der Waals surface area contributed by atoms with E-state index >= 15 is 0 Å². The van der Waals surface area contributed by atoms with Crippen LogP contribution in [0.4, 0.5) is 10.8 Å². The number of hydrogen-bond donors (Lipinski definition) is 2. The quantitative estimate of drug-likeness (QED) is 0.722. The van der Waals surface area contributed by atoms with Gasteiger partial charge >= 0.3 is 0 Å². The fraction of sp³-hybridized carbons (Fsp3) is 0.167. The summed E-state index contributed by atoms with van der Waals surface area (Å²) in [5.41, 5.74) is 3.21. The summed E-state index contributed by atoms with van der Waals surface area (Å²) >= 11 is 1.39. The zero-order chi connectivity index (χ0) is 16.8. The van der Waals surface area contributed by atoms with Crippen LogP contribution in [0.3, 0.4) is 0 Å². The third kappa shape index (κ3) is 4.63. The molecule has 3 rings (SSSR count). The highest BCUT2D eigenvalue weighted by molar-refractivity contribution is 7.15. The number of hydrogen-bond acceptors (Lipinski definition) is 5. The van der Waals surface area contributed by atoms with Gasteiger partial charge in [-0.3, -0.25) is 4.79 Å². The van der Waals surface area contributed by atoms with Crippen molar-refractivity contribution in [2.75, 3.05) is 5.32 Å². The molecule has 0 atom stereocenters. The molecule has 6 heteroatoms. The van der Waals surface area contributed by atoms with E-state index in [2.05, 4.69) is 20.8 Å². The third-order valence-electron chi connectivity index (χ3n) is 3.38. The summed E-state index contributed by atoms with van der Waals surface area (Å²) in [5, 5.41) is 15.6. The zero-order valence-corrected chi connectivity index (χ0v) is 14.1. The first-order chi connectivity index (χ1) is 11.7. The van der Waals surface area contributed by atoms with Gasteiger partial charge in [-0.2, -0.15) is 0 Å². The number of amides is 1. The molecular formula is C18H18N4OS. The molecule has 2 aromatic carbocycles. The lowest BCUT2D eigenvalue weighted by Gasteiger charge is -2.03. The second-order valence-corrected chi connectivity index (χ2v) is 6.50. The minimum Gasteiger partial charge on any atom is -0.352 e. The molecule has 122 valence electrons. The van der Waals surface area contributed by atoms with Crippen molar-refractivity contribution in [3.8, 4) is 0 Å². The predicted octanol–water partition coefficient (Wildman–Crippen LogP) is 3.45. The summed E-state index contributed by atoms with van der Waals surface area (Å²) in [7, 11) is 0. The minimum absolute atomic E-state index is 0.0582. The van der Waals surface area contributed by atoms with Crippen LogP contribution in [0.2, 0.25) is 0 Å². The molecule has 5 nitrogen and oxygen atoms in total. The number of nitrogens with one attached hydrogen (secondary N) is 2. The molecule has 24 heavy (non-hydrogen) atoms. The van der Waals surface area contributed by atoms with Gasteiger partial charge in [-0.25, -0.2) is 0 Å². The molecule has 1 amide bonds. The summed E-state index contributed by atoms with van der Waals surface area (Å²) in [6.45, 7) is 2.56. The zero-order valence-electron chi connectivity index (χ0n) is 13.3. The summed E-state index contributed by atoms with van der Waals surface area (Å²) in [4.78, 5) is 12.0. The van der Waals surface area contributed by atoms with E-state index in [0.29, 0.717) is 16.7 Å². The number of carbonyl (C=O) groups excluding carboxylic acids is 1. The average molecular weight is 338 g/mol. The number of carbonyl (C=O) groups is 1. The van der Waals surface area contributed by atoms with Crippen molar-refractivity contribution in [3.63, 3.8) is 0 Å². The molecule has 2 N–H and O–H groups in total. The Hall–Kier alpha value is -2.73. The number of aromatic nitrogens is 2. The monoisotopic (exact) mass is 338 g/mol. The maximum atomic E-state index is 12.0. The summed E-state index contributed by atoms with van der Waals surface area (Å²) in [6.07, 6.45) is 0.236. The lowest BCUT2D eigenvalue weighted by molar-refractivity contribution is -0.120. The van der Waals surface area contributed by atoms with Gasteiger partial charge in [-0.05, 0) is 30.2 Å². The van der Waals surface area contributed by atoms with E-state index < -0.39 is 0 Å². The molecule has 3 aromatic rings. The fourth-order valence-corrected chi connectivity index (χ4v) is 2.98. The molecule has 0 saturated heterocycles. The number of benzene rings is 2. The first kappa shape index (κ1) is 16.1. The standard InChI is InChI=1S/C18H18N4OS/c1-13-6-5-9-15(10-13)20-18-22-21-17(24-18)11-16(23)19-12-14-7-3-2-4-8-14/h2-10H,11-12H2,1H3,(H,19,23)(H,20,22). The first-order valence-corrected chi connectivity index (χ1v) is 8.47. The van der Waals surface area contributed by atoms with Crippen LogP contribution in [-0.4, -0.2) is 16.1 Å². The minimum atomic E-state index is -0.0582. The van der Waals surface area contributed by atoms with Gasteiger partial charge in [-0.15, -0.1) is 10.2 Å². The Morgan fingerprint density at radius 3 is 2.71 bits per heavy atom. The Morgan fingerprint density at radius 2 is 1.92 bits per heavy atom. The molecule has 0 fully saturated rings. The van der Waals surface area contributed by atoms with Crippen molar-refractivity contribution in [1.29, 1.82) is 0 Å². The molecular weight excluding hydrogens is 320 g/mol. The molecule has 0 radical (unpaired) electrons. The van der Waals surface area contributed by atoms with Crippen LogP contribution in [0.15, 0.2) is 54.6 Å². The van der Waals surface area contributed by atoms with Crippen molar-refractivity contribution in [3.05, 3.63) is 70.7 Å². The van der Waals surface area contributed by atoms with E-state index in [1.807, 2.05) is 61.5 Å². The summed E-state index contributed by atoms with van der Waals surface area (Å²) in [5.74, 6) is -0.0582. The van der Waals surface area contributed by atoms with Crippen LogP contribution in [0.25, 0.3) is 0 Å². The second-order valence-electron chi connectivity index (χ2n) is 5.43. The molecule has 0 saturated carbocycles. The Morgan fingerprint density at radius 1 is 1.08 bits per heavy atom. The van der Waals surface area contributed by atoms with E-state index in [1.165, 1.54) is 16.9 Å². The van der Waals surface area contributed by atoms with E-state index in [1.54, 1.807) is 0 Å². The van der Waals surface area contributed by atoms with E-state index in [4.69, 9.17) is 0 Å². The highest BCUT2D eigenvalue weighted by atomic mass is 32.1. The third-order valence-corrected chi connectivity index (χ3v) is 4.22. The van der Waals surface area contributed by atoms with Crippen LogP contribution >= 0.6 is 11.3 Å². The number of anilines is 2. The Kier molecular flexibility index (Phi) is 5.18. The Labute approximate surface area is 144 Å². The molecule has 1 aromatic heterocycles. The van der Waals surface area contributed by atoms with Gasteiger partial charge in [0.25, 0.3) is 0 Å². The van der Waals surface area contributed by atoms with Gasteiger partial charge < -0.3 is 10.6 Å². The first-order valence-electron chi connectivity index (χ1n) is 7.66. The predicted molar refractivity (Wildman–Crippen MR) is 96.4 cm³/mol. The molecule has 0 aliphatic carbocycles. The van der Waals surface area contributed by atoms with Crippen molar-refractivity contribution < 1.29 is 4.79 Å². The molecule has 0 bridgehead atoms. The maximum absolute atomic E-state index is 12.0. The van der Waals surface area contributed by atoms with Gasteiger partial charge in [0.2, 0.25) is 11.0 Å². The highest BCUT2D eigenvalue weighted by Crippen LogP contribution is 2.21. The average Bonchev–Trinajstić information content (AvgIpc) is 3.01. The van der Waals surface area contributed by atoms with Gasteiger partial charge in [0.15, 0.2) is 0 Å². The lowest BCUT2D eigenvalue weighted by Crippen LogP contribution is -2.24. The second kappa shape index (κ2) is 7.70.